The van der Waals surface area contributed by atoms with Gasteiger partial charge < -0.3 is 15.2 Å². The maximum atomic E-state index is 12.1. The summed E-state index contributed by atoms with van der Waals surface area (Å²) >= 11 is 0. The van der Waals surface area contributed by atoms with E-state index in [9.17, 15) is 4.79 Å². The van der Waals surface area contributed by atoms with Crippen LogP contribution in [0.25, 0.3) is 0 Å². The molecule has 20 heavy (non-hydrogen) atoms. The van der Waals surface area contributed by atoms with Gasteiger partial charge in [-0.15, -0.1) is 0 Å². The van der Waals surface area contributed by atoms with Crippen LogP contribution in [-0.2, 0) is 25.2 Å². The molecular weight excluding hydrogens is 254 g/mol. The van der Waals surface area contributed by atoms with E-state index in [4.69, 9.17) is 15.2 Å². The van der Waals surface area contributed by atoms with Gasteiger partial charge in [-0.3, -0.25) is 4.79 Å². The summed E-state index contributed by atoms with van der Waals surface area (Å²) in [6.45, 7) is 4.93. The molecule has 3 rings (SSSR count). The molecule has 0 amide bonds. The Balaban J connectivity index is 1.77. The van der Waals surface area contributed by atoms with Crippen LogP contribution in [0.15, 0.2) is 36.9 Å². The molecule has 106 valence electrons. The number of rotatable bonds is 5. The Kier molecular flexibility index (Phi) is 3.15. The molecule has 0 aromatic heterocycles. The van der Waals surface area contributed by atoms with Gasteiger partial charge in [0.15, 0.2) is 0 Å². The van der Waals surface area contributed by atoms with Crippen LogP contribution in [0.1, 0.15) is 24.0 Å². The fourth-order valence-corrected chi connectivity index (χ4v) is 2.62. The van der Waals surface area contributed by atoms with Gasteiger partial charge in [0.2, 0.25) is 0 Å². The average molecular weight is 273 g/mol. The Morgan fingerprint density at radius 3 is 2.35 bits per heavy atom. The molecule has 1 aliphatic carbocycles. The fourth-order valence-electron chi connectivity index (χ4n) is 2.62. The van der Waals surface area contributed by atoms with Crippen LogP contribution in [-0.4, -0.2) is 25.8 Å². The van der Waals surface area contributed by atoms with Gasteiger partial charge in [-0.1, -0.05) is 36.9 Å². The third kappa shape index (κ3) is 2.05. The summed E-state index contributed by atoms with van der Waals surface area (Å²) in [5.41, 5.74) is 7.46. The second-order valence-corrected chi connectivity index (χ2v) is 5.70. The number of benzene rings is 1. The molecule has 1 aromatic carbocycles. The molecule has 0 bridgehead atoms. The molecule has 0 spiro atoms. The topological polar surface area (TPSA) is 61.5 Å². The SMILES string of the molecule is C=CCOC(=O)C1(c2ccc(C3(N)COC3)cc2)CC1. The van der Waals surface area contributed by atoms with E-state index in [0.29, 0.717) is 13.2 Å². The Morgan fingerprint density at radius 1 is 1.30 bits per heavy atom. The third-order valence-electron chi connectivity index (χ3n) is 4.20. The molecule has 4 nitrogen and oxygen atoms in total. The van der Waals surface area contributed by atoms with Gasteiger partial charge >= 0.3 is 5.97 Å². The fraction of sp³-hybridized carbons (Fsp3) is 0.438. The largest absolute Gasteiger partial charge is 0.461 e. The van der Waals surface area contributed by atoms with Crippen molar-refractivity contribution in [3.63, 3.8) is 0 Å². The van der Waals surface area contributed by atoms with E-state index in [2.05, 4.69) is 6.58 Å². The molecular formula is C16H19NO3. The van der Waals surface area contributed by atoms with Crippen molar-refractivity contribution in [3.8, 4) is 0 Å². The number of esters is 1. The molecule has 0 atom stereocenters. The first-order chi connectivity index (χ1) is 9.61. The van der Waals surface area contributed by atoms with Gasteiger partial charge in [0.25, 0.3) is 0 Å². The van der Waals surface area contributed by atoms with Crippen molar-refractivity contribution in [2.45, 2.75) is 23.8 Å². The highest BCUT2D eigenvalue weighted by Gasteiger charge is 2.52. The zero-order valence-corrected chi connectivity index (χ0v) is 11.4. The molecule has 4 heteroatoms. The molecule has 2 aliphatic rings. The molecule has 0 radical (unpaired) electrons. The zero-order chi connectivity index (χ0) is 14.2. The molecule has 2 fully saturated rings. The lowest BCUT2D eigenvalue weighted by molar-refractivity contribution is -0.145. The quantitative estimate of drug-likeness (QED) is 0.654. The lowest BCUT2D eigenvalue weighted by Gasteiger charge is -2.38. The zero-order valence-electron chi connectivity index (χ0n) is 11.4. The minimum atomic E-state index is -0.445. The predicted molar refractivity (Wildman–Crippen MR) is 75.2 cm³/mol. The number of nitrogens with two attached hydrogens (primary N) is 1. The number of ether oxygens (including phenoxy) is 2. The van der Waals surface area contributed by atoms with E-state index < -0.39 is 5.41 Å². The summed E-state index contributed by atoms with van der Waals surface area (Å²) in [5.74, 6) is -0.153. The Morgan fingerprint density at radius 2 is 1.90 bits per heavy atom. The maximum Gasteiger partial charge on any atom is 0.316 e. The van der Waals surface area contributed by atoms with Crippen LogP contribution >= 0.6 is 0 Å². The summed E-state index contributed by atoms with van der Waals surface area (Å²) in [5, 5.41) is 0. The maximum absolute atomic E-state index is 12.1. The van der Waals surface area contributed by atoms with Crippen LogP contribution in [0.4, 0.5) is 0 Å². The van der Waals surface area contributed by atoms with Crippen molar-refractivity contribution in [1.29, 1.82) is 0 Å². The van der Waals surface area contributed by atoms with Gasteiger partial charge in [-0.05, 0) is 24.0 Å². The van der Waals surface area contributed by atoms with Crippen LogP contribution in [0.2, 0.25) is 0 Å². The lowest BCUT2D eigenvalue weighted by atomic mass is 9.86. The van der Waals surface area contributed by atoms with Crippen molar-refractivity contribution in [1.82, 2.24) is 0 Å². The molecule has 1 aliphatic heterocycles. The first kappa shape index (κ1) is 13.3. The minimum Gasteiger partial charge on any atom is -0.461 e. The second kappa shape index (κ2) is 4.72. The Labute approximate surface area is 118 Å². The third-order valence-corrected chi connectivity index (χ3v) is 4.20. The molecule has 2 N–H and O–H groups in total. The number of hydrogen-bond donors (Lipinski definition) is 1. The van der Waals surface area contributed by atoms with Crippen molar-refractivity contribution >= 4 is 5.97 Å². The first-order valence-corrected chi connectivity index (χ1v) is 6.87. The molecule has 1 aromatic rings. The highest BCUT2D eigenvalue weighted by molar-refractivity contribution is 5.86. The van der Waals surface area contributed by atoms with Gasteiger partial charge in [0.05, 0.1) is 24.2 Å². The van der Waals surface area contributed by atoms with Crippen molar-refractivity contribution in [2.75, 3.05) is 19.8 Å². The van der Waals surface area contributed by atoms with Crippen molar-refractivity contribution in [3.05, 3.63) is 48.0 Å². The van der Waals surface area contributed by atoms with E-state index in [1.54, 1.807) is 6.08 Å². The van der Waals surface area contributed by atoms with Crippen LogP contribution < -0.4 is 5.73 Å². The summed E-state index contributed by atoms with van der Waals surface area (Å²) in [7, 11) is 0. The summed E-state index contributed by atoms with van der Waals surface area (Å²) in [6, 6.07) is 7.98. The number of hydrogen-bond acceptors (Lipinski definition) is 4. The van der Waals surface area contributed by atoms with Gasteiger partial charge in [0.1, 0.15) is 6.61 Å². The number of carbonyl (C=O) groups excluding carboxylic acids is 1. The van der Waals surface area contributed by atoms with Crippen molar-refractivity contribution in [2.24, 2.45) is 5.73 Å². The first-order valence-electron chi connectivity index (χ1n) is 6.87. The molecule has 0 unspecified atom stereocenters. The van der Waals surface area contributed by atoms with E-state index in [1.807, 2.05) is 24.3 Å². The Hall–Kier alpha value is -1.65. The smallest absolute Gasteiger partial charge is 0.316 e. The van der Waals surface area contributed by atoms with Crippen LogP contribution in [0.3, 0.4) is 0 Å². The van der Waals surface area contributed by atoms with E-state index in [0.717, 1.165) is 24.0 Å². The van der Waals surface area contributed by atoms with Crippen molar-refractivity contribution < 1.29 is 14.3 Å². The van der Waals surface area contributed by atoms with Crippen LogP contribution in [0, 0.1) is 0 Å². The van der Waals surface area contributed by atoms with Gasteiger partial charge in [0, 0.05) is 0 Å². The molecule has 1 heterocycles. The summed E-state index contributed by atoms with van der Waals surface area (Å²) in [4.78, 5) is 12.1. The van der Waals surface area contributed by atoms with E-state index in [-0.39, 0.29) is 18.1 Å². The average Bonchev–Trinajstić information content (AvgIpc) is 3.24. The second-order valence-electron chi connectivity index (χ2n) is 5.70. The summed E-state index contributed by atoms with van der Waals surface area (Å²) < 4.78 is 10.4. The van der Waals surface area contributed by atoms with Gasteiger partial charge in [-0.2, -0.15) is 0 Å². The van der Waals surface area contributed by atoms with E-state index in [1.165, 1.54) is 0 Å². The Bertz CT molecular complexity index is 527. The minimum absolute atomic E-state index is 0.153. The summed E-state index contributed by atoms with van der Waals surface area (Å²) in [6.07, 6.45) is 3.28. The molecule has 1 saturated heterocycles. The monoisotopic (exact) mass is 273 g/mol. The molecule has 1 saturated carbocycles. The lowest BCUT2D eigenvalue weighted by Crippen LogP contribution is -2.54. The predicted octanol–water partition coefficient (Wildman–Crippen LogP) is 1.63. The van der Waals surface area contributed by atoms with E-state index >= 15 is 0 Å². The van der Waals surface area contributed by atoms with Crippen LogP contribution in [0.5, 0.6) is 0 Å². The number of carbonyl (C=O) groups is 1. The van der Waals surface area contributed by atoms with Gasteiger partial charge in [-0.25, -0.2) is 0 Å². The highest BCUT2D eigenvalue weighted by Crippen LogP contribution is 2.49. The highest BCUT2D eigenvalue weighted by atomic mass is 16.5. The standard InChI is InChI=1S/C16H19NO3/c1-2-9-20-14(18)15(7-8-15)12-3-5-13(6-4-12)16(17)10-19-11-16/h2-6H,1,7-11,17H2. The normalized spacial score (nSPS) is 21.6.